The van der Waals surface area contributed by atoms with E-state index in [2.05, 4.69) is 38.0 Å². The summed E-state index contributed by atoms with van der Waals surface area (Å²) < 4.78 is 14.4. The fourth-order valence-corrected chi connectivity index (χ4v) is 8.59. The number of anilines is 2. The zero-order chi connectivity index (χ0) is 37.0. The normalized spacial score (nSPS) is 20.8. The highest BCUT2D eigenvalue weighted by atomic mass is 32.1. The number of fused-ring (bicyclic) bond motifs is 2. The van der Waals surface area contributed by atoms with Crippen molar-refractivity contribution in [3.63, 3.8) is 0 Å². The third kappa shape index (κ3) is 6.51. The first-order valence-corrected chi connectivity index (χ1v) is 18.5. The Labute approximate surface area is 312 Å². The number of benzene rings is 3. The third-order valence-corrected chi connectivity index (χ3v) is 11.5. The standard InChI is InChI=1S/C37H34FN7O6S2/c38-22-3-7-29(46)27(16-22)31(33(49)41-37-39-9-14-53-37)44-19-21-2-4-23(17-25(21)34(44)50)43-12-10-42(11-13-43)18-20-1-5-24-26(15-20)35(51)45(36(24)52)28-6-8-30(47)40-32(28)48/h1-5,7,9,14-17,28,31,36,46,52H,6,8,10-13,18-19H2,(H,39,41,49)(H,40,47,48). The van der Waals surface area contributed by atoms with Crippen molar-refractivity contribution in [3.8, 4) is 5.75 Å². The van der Waals surface area contributed by atoms with Gasteiger partial charge in [-0.25, -0.2) is 9.37 Å². The summed E-state index contributed by atoms with van der Waals surface area (Å²) >= 11 is 5.86. The van der Waals surface area contributed by atoms with E-state index in [9.17, 15) is 33.5 Å². The quantitative estimate of drug-likeness (QED) is 0.155. The van der Waals surface area contributed by atoms with Gasteiger partial charge in [0, 0.05) is 79.6 Å². The van der Waals surface area contributed by atoms with Crippen LogP contribution in [0.2, 0.25) is 0 Å². The molecule has 2 saturated heterocycles. The van der Waals surface area contributed by atoms with Crippen molar-refractivity contribution in [2.24, 2.45) is 0 Å². The first kappa shape index (κ1) is 34.7. The Morgan fingerprint density at radius 2 is 1.83 bits per heavy atom. The zero-order valence-electron chi connectivity index (χ0n) is 28.2. The Balaban J connectivity index is 0.934. The number of halogens is 1. The molecular weight excluding hydrogens is 722 g/mol. The maximum atomic E-state index is 14.4. The van der Waals surface area contributed by atoms with Crippen LogP contribution in [0.15, 0.2) is 66.2 Å². The van der Waals surface area contributed by atoms with Gasteiger partial charge in [-0.15, -0.1) is 24.0 Å². The number of nitrogens with one attached hydrogen (secondary N) is 2. The summed E-state index contributed by atoms with van der Waals surface area (Å²) in [4.78, 5) is 76.5. The van der Waals surface area contributed by atoms with Crippen LogP contribution in [0.3, 0.4) is 0 Å². The molecule has 4 aromatic rings. The number of hydrogen-bond donors (Lipinski definition) is 4. The van der Waals surface area contributed by atoms with Crippen LogP contribution in [0.5, 0.6) is 5.75 Å². The number of thiazole rings is 1. The number of rotatable bonds is 8. The van der Waals surface area contributed by atoms with E-state index in [4.69, 9.17) is 0 Å². The molecule has 0 bridgehead atoms. The van der Waals surface area contributed by atoms with Crippen LogP contribution in [-0.2, 0) is 27.5 Å². The number of thiol groups is 1. The molecule has 0 aliphatic carbocycles. The number of carbonyl (C=O) groups excluding carboxylic acids is 5. The number of aromatic hydroxyl groups is 1. The van der Waals surface area contributed by atoms with Crippen molar-refractivity contribution in [1.82, 2.24) is 25.0 Å². The first-order valence-electron chi connectivity index (χ1n) is 17.1. The number of phenolic OH excluding ortho intramolecular Hbond substituents is 1. The fraction of sp³-hybridized carbons (Fsp3) is 0.297. The van der Waals surface area contributed by atoms with Crippen molar-refractivity contribution in [3.05, 3.63) is 105 Å². The summed E-state index contributed by atoms with van der Waals surface area (Å²) in [6.45, 7) is 3.50. The second-order valence-electron chi connectivity index (χ2n) is 13.4. The molecule has 3 N–H and O–H groups in total. The van der Waals surface area contributed by atoms with Crippen molar-refractivity contribution in [2.75, 3.05) is 36.4 Å². The molecule has 4 aliphatic heterocycles. The number of nitrogens with zero attached hydrogens (tertiary/aromatic N) is 5. The summed E-state index contributed by atoms with van der Waals surface area (Å²) in [5.41, 5.74) is 4.18. The lowest BCUT2D eigenvalue weighted by atomic mass is 10.0. The van der Waals surface area contributed by atoms with E-state index in [1.54, 1.807) is 5.38 Å². The first-order chi connectivity index (χ1) is 25.5. The SMILES string of the molecule is O=C1CCC(N2C(=O)c3cc(CN4CCN(c5ccc6c(c5)C(=O)N(C(C(=O)Nc5nccs5)c5cc(F)ccc5O)C6)CC4)ccc3C2S)C(=O)N1. The number of amides is 5. The van der Waals surface area contributed by atoms with Crippen LogP contribution in [0.1, 0.15) is 67.2 Å². The lowest BCUT2D eigenvalue weighted by molar-refractivity contribution is -0.137. The molecule has 4 aliphatic rings. The lowest BCUT2D eigenvalue weighted by Crippen LogP contribution is -2.53. The molecular formula is C37H34FN7O6S2. The second-order valence-corrected chi connectivity index (χ2v) is 14.8. The van der Waals surface area contributed by atoms with Gasteiger partial charge >= 0.3 is 0 Å². The predicted octanol–water partition coefficient (Wildman–Crippen LogP) is 3.84. The summed E-state index contributed by atoms with van der Waals surface area (Å²) in [6.07, 6.45) is 1.96. The van der Waals surface area contributed by atoms with E-state index < -0.39 is 41.0 Å². The van der Waals surface area contributed by atoms with E-state index in [-0.39, 0.29) is 42.5 Å². The number of aromatic nitrogens is 1. The van der Waals surface area contributed by atoms with Crippen molar-refractivity contribution >= 4 is 64.3 Å². The van der Waals surface area contributed by atoms with E-state index in [1.807, 2.05) is 36.4 Å². The summed E-state index contributed by atoms with van der Waals surface area (Å²) in [7, 11) is 0. The average Bonchev–Trinajstić information content (AvgIpc) is 3.84. The molecule has 16 heteroatoms. The minimum absolute atomic E-state index is 0.0265. The molecule has 5 heterocycles. The minimum atomic E-state index is -1.31. The summed E-state index contributed by atoms with van der Waals surface area (Å²) in [5, 5.41) is 17.1. The second kappa shape index (κ2) is 13.9. The lowest BCUT2D eigenvalue weighted by Gasteiger charge is -2.36. The van der Waals surface area contributed by atoms with Crippen molar-refractivity contribution in [2.45, 2.75) is 43.4 Å². The van der Waals surface area contributed by atoms with Crippen LogP contribution < -0.4 is 15.5 Å². The topological polar surface area (TPSA) is 155 Å². The van der Waals surface area contributed by atoms with Crippen LogP contribution in [0.4, 0.5) is 15.2 Å². The average molecular weight is 756 g/mol. The van der Waals surface area contributed by atoms with Crippen molar-refractivity contribution in [1.29, 1.82) is 0 Å². The van der Waals surface area contributed by atoms with Gasteiger partial charge in [0.15, 0.2) is 5.13 Å². The molecule has 0 spiro atoms. The Morgan fingerprint density at radius 1 is 1.02 bits per heavy atom. The maximum absolute atomic E-state index is 14.4. The summed E-state index contributed by atoms with van der Waals surface area (Å²) in [6, 6.07) is 12.6. The Bertz CT molecular complexity index is 2160. The molecule has 3 atom stereocenters. The number of piperazine rings is 1. The van der Waals surface area contributed by atoms with E-state index in [0.29, 0.717) is 41.5 Å². The number of imide groups is 1. The summed E-state index contributed by atoms with van der Waals surface area (Å²) in [5.74, 6) is -3.08. The van der Waals surface area contributed by atoms with Gasteiger partial charge in [-0.3, -0.25) is 39.5 Å². The molecule has 13 nitrogen and oxygen atoms in total. The minimum Gasteiger partial charge on any atom is -0.508 e. The number of piperidine rings is 1. The molecule has 8 rings (SSSR count). The smallest absolute Gasteiger partial charge is 0.256 e. The monoisotopic (exact) mass is 755 g/mol. The Morgan fingerprint density at radius 3 is 2.58 bits per heavy atom. The highest BCUT2D eigenvalue weighted by molar-refractivity contribution is 7.80. The van der Waals surface area contributed by atoms with Crippen LogP contribution in [0, 0.1) is 5.82 Å². The Hall–Kier alpha value is -5.32. The zero-order valence-corrected chi connectivity index (χ0v) is 29.9. The van der Waals surface area contributed by atoms with Crippen LogP contribution in [-0.4, -0.2) is 86.5 Å². The molecule has 3 unspecified atom stereocenters. The molecule has 0 radical (unpaired) electrons. The highest BCUT2D eigenvalue weighted by Crippen LogP contribution is 2.40. The van der Waals surface area contributed by atoms with Gasteiger partial charge in [0.2, 0.25) is 11.8 Å². The van der Waals surface area contributed by atoms with Crippen LogP contribution >= 0.6 is 24.0 Å². The van der Waals surface area contributed by atoms with Gasteiger partial charge in [0.1, 0.15) is 29.0 Å². The third-order valence-electron chi connectivity index (χ3n) is 10.2. The van der Waals surface area contributed by atoms with Gasteiger partial charge < -0.3 is 19.8 Å². The van der Waals surface area contributed by atoms with Gasteiger partial charge in [-0.05, 0) is 59.5 Å². The van der Waals surface area contributed by atoms with E-state index in [1.165, 1.54) is 33.4 Å². The predicted molar refractivity (Wildman–Crippen MR) is 196 cm³/mol. The Kier molecular flexibility index (Phi) is 9.12. The van der Waals surface area contributed by atoms with Gasteiger partial charge in [0.25, 0.3) is 17.7 Å². The van der Waals surface area contributed by atoms with Crippen molar-refractivity contribution < 1.29 is 33.5 Å². The molecule has 2 fully saturated rings. The van der Waals surface area contributed by atoms with Gasteiger partial charge in [-0.2, -0.15) is 0 Å². The molecule has 272 valence electrons. The number of hydrogen-bond acceptors (Lipinski definition) is 11. The van der Waals surface area contributed by atoms with E-state index >= 15 is 0 Å². The van der Waals surface area contributed by atoms with Gasteiger partial charge in [0.05, 0.1) is 0 Å². The fourth-order valence-electron chi connectivity index (χ4n) is 7.56. The molecule has 1 aromatic heterocycles. The molecule has 3 aromatic carbocycles. The molecule has 0 saturated carbocycles. The largest absolute Gasteiger partial charge is 0.508 e. The number of carbonyl (C=O) groups is 5. The van der Waals surface area contributed by atoms with E-state index in [0.717, 1.165) is 42.0 Å². The van der Waals surface area contributed by atoms with Crippen LogP contribution in [0.25, 0.3) is 0 Å². The van der Waals surface area contributed by atoms with Gasteiger partial charge in [-0.1, -0.05) is 18.2 Å². The maximum Gasteiger partial charge on any atom is 0.256 e. The highest BCUT2D eigenvalue weighted by Gasteiger charge is 2.44. The molecule has 53 heavy (non-hydrogen) atoms. The number of phenols is 1. The molecule has 5 amide bonds.